The first kappa shape index (κ1) is 51.0. The number of halogens is 10. The van der Waals surface area contributed by atoms with Crippen molar-refractivity contribution in [1.29, 1.82) is 0 Å². The molecule has 0 amide bonds. The highest BCUT2D eigenvalue weighted by atomic mass is 19.4. The molecule has 0 spiro atoms. The molecule has 4 aliphatic heterocycles. The van der Waals surface area contributed by atoms with Crippen LogP contribution in [0.5, 0.6) is 0 Å². The Bertz CT molecular complexity index is 888. The summed E-state index contributed by atoms with van der Waals surface area (Å²) < 4.78 is 144. The first-order chi connectivity index (χ1) is 24.7. The van der Waals surface area contributed by atoms with Gasteiger partial charge in [0.25, 0.3) is 0 Å². The minimum atomic E-state index is -4.20. The van der Waals surface area contributed by atoms with Gasteiger partial charge in [0.15, 0.2) is 0 Å². The van der Waals surface area contributed by atoms with E-state index in [1.807, 2.05) is 27.7 Å². The average Bonchev–Trinajstić information content (AvgIpc) is 3.04. The second-order valence-electron chi connectivity index (χ2n) is 16.4. The third-order valence-electron chi connectivity index (χ3n) is 9.51. The van der Waals surface area contributed by atoms with Crippen LogP contribution in [0, 0.1) is 0 Å². The Balaban J connectivity index is 0.000000360. The lowest BCUT2D eigenvalue weighted by molar-refractivity contribution is -0.225. The van der Waals surface area contributed by atoms with Crippen LogP contribution in [0.4, 0.5) is 43.9 Å². The Hall–Kier alpha value is -1.02. The summed E-state index contributed by atoms with van der Waals surface area (Å²) in [6, 6.07) is -2.48. The maximum atomic E-state index is 12.6. The van der Waals surface area contributed by atoms with E-state index in [1.54, 1.807) is 41.5 Å². The largest absolute Gasteiger partial charge is 0.406 e. The van der Waals surface area contributed by atoms with Crippen LogP contribution >= 0.6 is 0 Å². The lowest BCUT2D eigenvalue weighted by Gasteiger charge is -2.44. The molecule has 0 unspecified atom stereocenters. The number of morpholine rings is 4. The smallest absolute Gasteiger partial charge is 0.378 e. The van der Waals surface area contributed by atoms with Crippen LogP contribution in [-0.2, 0) is 18.9 Å². The van der Waals surface area contributed by atoms with Crippen LogP contribution in [0.15, 0.2) is 0 Å². The molecule has 4 atom stereocenters. The van der Waals surface area contributed by atoms with Gasteiger partial charge in [-0.15, -0.1) is 0 Å². The van der Waals surface area contributed by atoms with E-state index in [0.29, 0.717) is 64.8 Å². The highest BCUT2D eigenvalue weighted by Crippen LogP contribution is 2.33. The molecule has 0 N–H and O–H groups in total. The van der Waals surface area contributed by atoms with Crippen molar-refractivity contribution in [1.82, 2.24) is 19.6 Å². The number of hydrogen-bond acceptors (Lipinski definition) is 8. The predicted octanol–water partition coefficient (Wildman–Crippen LogP) is 7.60. The maximum absolute atomic E-state index is 12.6. The van der Waals surface area contributed by atoms with Crippen LogP contribution in [0.2, 0.25) is 0 Å². The van der Waals surface area contributed by atoms with Gasteiger partial charge in [-0.25, -0.2) is 17.6 Å². The Labute approximate surface area is 316 Å². The minimum Gasteiger partial charge on any atom is -0.378 e. The number of rotatable bonds is 6. The van der Waals surface area contributed by atoms with Crippen molar-refractivity contribution in [3.8, 4) is 0 Å². The molecule has 4 aliphatic rings. The van der Waals surface area contributed by atoms with Gasteiger partial charge in [0.1, 0.15) is 12.1 Å². The average molecular weight is 809 g/mol. The molecular weight excluding hydrogens is 742 g/mol. The second-order valence-corrected chi connectivity index (χ2v) is 16.4. The van der Waals surface area contributed by atoms with Crippen molar-refractivity contribution in [2.45, 2.75) is 155 Å². The molecular formula is C36H66F10N4O4. The van der Waals surface area contributed by atoms with Crippen LogP contribution in [0.3, 0.4) is 0 Å². The molecule has 0 radical (unpaired) electrons. The van der Waals surface area contributed by atoms with Gasteiger partial charge in [0, 0.05) is 74.3 Å². The molecule has 0 aromatic carbocycles. The quantitative estimate of drug-likeness (QED) is 0.255. The van der Waals surface area contributed by atoms with Crippen molar-refractivity contribution < 1.29 is 62.9 Å². The Morgan fingerprint density at radius 2 is 0.759 bits per heavy atom. The molecule has 8 nitrogen and oxygen atoms in total. The number of hydrogen-bond donors (Lipinski definition) is 0. The molecule has 4 rings (SSSR count). The van der Waals surface area contributed by atoms with Crippen LogP contribution in [0.1, 0.15) is 82.1 Å². The van der Waals surface area contributed by atoms with Crippen LogP contribution in [-0.4, -0.2) is 171 Å². The molecule has 324 valence electrons. The molecule has 4 saturated heterocycles. The van der Waals surface area contributed by atoms with Crippen molar-refractivity contribution in [3.05, 3.63) is 0 Å². The monoisotopic (exact) mass is 808 g/mol. The van der Waals surface area contributed by atoms with E-state index in [1.165, 1.54) is 9.80 Å². The minimum absolute atomic E-state index is 0.0713. The zero-order chi connectivity index (χ0) is 41.7. The number of alkyl halides is 10. The van der Waals surface area contributed by atoms with Crippen LogP contribution < -0.4 is 0 Å². The highest BCUT2D eigenvalue weighted by Gasteiger charge is 2.49. The number of ether oxygens (including phenoxy) is 4. The lowest BCUT2D eigenvalue weighted by Crippen LogP contribution is -2.59. The summed E-state index contributed by atoms with van der Waals surface area (Å²) in [4.78, 5) is 7.10. The summed E-state index contributed by atoms with van der Waals surface area (Å²) in [5.41, 5.74) is -0.937. The molecule has 18 heteroatoms. The first-order valence-corrected chi connectivity index (χ1v) is 18.7. The fraction of sp³-hybridized carbons (Fsp3) is 1.00. The van der Waals surface area contributed by atoms with Crippen molar-refractivity contribution in [2.75, 3.05) is 79.0 Å². The summed E-state index contributed by atoms with van der Waals surface area (Å²) in [6.45, 7) is 23.6. The summed E-state index contributed by atoms with van der Waals surface area (Å²) in [5, 5.41) is 0. The predicted molar refractivity (Wildman–Crippen MR) is 188 cm³/mol. The second kappa shape index (κ2) is 22.8. The zero-order valence-electron chi connectivity index (χ0n) is 33.7. The molecule has 54 heavy (non-hydrogen) atoms. The molecule has 0 bridgehead atoms. The number of nitrogens with zero attached hydrogens (tertiary/aromatic N) is 4. The van der Waals surface area contributed by atoms with Gasteiger partial charge in [-0.2, -0.15) is 26.3 Å². The van der Waals surface area contributed by atoms with E-state index in [4.69, 9.17) is 18.9 Å². The van der Waals surface area contributed by atoms with Gasteiger partial charge < -0.3 is 18.9 Å². The zero-order valence-corrected chi connectivity index (χ0v) is 33.7. The maximum Gasteiger partial charge on any atom is 0.406 e. The molecule has 0 aromatic heterocycles. The molecule has 0 saturated carbocycles. The summed E-state index contributed by atoms with van der Waals surface area (Å²) in [5.74, 6) is 0. The van der Waals surface area contributed by atoms with Crippen molar-refractivity contribution >= 4 is 0 Å². The van der Waals surface area contributed by atoms with Gasteiger partial charge in [0.2, 0.25) is 12.9 Å². The van der Waals surface area contributed by atoms with Gasteiger partial charge in [-0.05, 0) is 69.2 Å². The van der Waals surface area contributed by atoms with Gasteiger partial charge >= 0.3 is 12.4 Å². The third-order valence-corrected chi connectivity index (χ3v) is 9.51. The summed E-state index contributed by atoms with van der Waals surface area (Å²) >= 11 is 0. The van der Waals surface area contributed by atoms with E-state index in [2.05, 4.69) is 9.80 Å². The van der Waals surface area contributed by atoms with E-state index < -0.39 is 48.4 Å². The Morgan fingerprint density at radius 1 is 0.481 bits per heavy atom. The normalized spacial score (nSPS) is 26.2. The lowest BCUT2D eigenvalue weighted by atomic mass is 10.0. The summed E-state index contributed by atoms with van der Waals surface area (Å²) in [6.07, 6.45) is -13.0. The third kappa shape index (κ3) is 18.5. The SMILES string of the molecule is CC(C)(C)N1CCOC[C@@H]1C(F)(F)F.CC(C)(C)N1CCOC[C@H]1C(F)(F)F.CC(C)N1CCOC[C@@H]1CC(F)F.CC(C)N1CCOC[C@H]1CC(F)F. The standard InChI is InChI=1S/2C9H16F3NO.2C9H17F2NO/c2*1-8(2,3)13-4-5-14-6-7(13)9(10,11)12;2*1-7(2)12-3-4-13-6-8(12)5-9(10)11/h2*7H,4-6H2,1-3H3;2*7-9H,3-6H2,1-2H3/t2*7-;2*8-/m1010/s1. The van der Waals surface area contributed by atoms with Crippen molar-refractivity contribution in [2.24, 2.45) is 0 Å². The van der Waals surface area contributed by atoms with E-state index >= 15 is 0 Å². The van der Waals surface area contributed by atoms with E-state index in [9.17, 15) is 43.9 Å². The van der Waals surface area contributed by atoms with E-state index in [0.717, 1.165) is 13.1 Å². The van der Waals surface area contributed by atoms with Crippen molar-refractivity contribution in [3.63, 3.8) is 0 Å². The Kier molecular flexibility index (Phi) is 21.5. The molecule has 4 fully saturated rings. The van der Waals surface area contributed by atoms with Gasteiger partial charge in [0.05, 0.1) is 52.9 Å². The molecule has 4 heterocycles. The topological polar surface area (TPSA) is 49.9 Å². The fourth-order valence-electron chi connectivity index (χ4n) is 6.87. The van der Waals surface area contributed by atoms with Crippen LogP contribution in [0.25, 0.3) is 0 Å². The highest BCUT2D eigenvalue weighted by molar-refractivity contribution is 4.90. The van der Waals surface area contributed by atoms with Gasteiger partial charge in [-0.1, -0.05) is 0 Å². The summed E-state index contributed by atoms with van der Waals surface area (Å²) in [7, 11) is 0. The first-order valence-electron chi connectivity index (χ1n) is 18.7. The van der Waals surface area contributed by atoms with E-state index in [-0.39, 0.29) is 38.1 Å². The van der Waals surface area contributed by atoms with Gasteiger partial charge in [-0.3, -0.25) is 19.6 Å². The Morgan fingerprint density at radius 3 is 0.981 bits per heavy atom. The fourth-order valence-corrected chi connectivity index (χ4v) is 6.87. The molecule has 0 aromatic rings. The molecule has 0 aliphatic carbocycles.